The van der Waals surface area contributed by atoms with Crippen molar-refractivity contribution < 1.29 is 14.5 Å². The number of likely N-dealkylation sites (N-methyl/N-ethyl adjacent to an activating group) is 1. The molecule has 2 rings (SSSR count). The van der Waals surface area contributed by atoms with Crippen molar-refractivity contribution in [3.05, 3.63) is 39.9 Å². The molecule has 1 fully saturated rings. The number of rotatable bonds is 4. The molecule has 1 heterocycles. The zero-order valence-electron chi connectivity index (χ0n) is 11.7. The summed E-state index contributed by atoms with van der Waals surface area (Å²) in [5.74, 6) is -0.122. The molecule has 21 heavy (non-hydrogen) atoms. The Hall–Kier alpha value is -1.70. The van der Waals surface area contributed by atoms with Crippen LogP contribution in [0.4, 0.5) is 5.69 Å². The Labute approximate surface area is 128 Å². The molecular weight excluding hydrogens is 298 g/mol. The number of ether oxygens (including phenoxy) is 1. The summed E-state index contributed by atoms with van der Waals surface area (Å²) < 4.78 is 5.25. The summed E-state index contributed by atoms with van der Waals surface area (Å²) in [4.78, 5) is 24.2. The molecule has 116 valence electrons. The topological polar surface area (TPSA) is 84.7 Å². The molecule has 0 bridgehead atoms. The van der Waals surface area contributed by atoms with E-state index in [0.717, 1.165) is 0 Å². The van der Waals surface area contributed by atoms with Crippen molar-refractivity contribution >= 4 is 24.0 Å². The maximum absolute atomic E-state index is 12.2. The predicted molar refractivity (Wildman–Crippen MR) is 79.4 cm³/mol. The molecule has 1 N–H and O–H groups in total. The fourth-order valence-corrected chi connectivity index (χ4v) is 2.15. The van der Waals surface area contributed by atoms with Crippen LogP contribution in [0.2, 0.25) is 0 Å². The fraction of sp³-hybridized carbons (Fsp3) is 0.462. The normalized spacial score (nSPS) is 17.7. The van der Waals surface area contributed by atoms with Crippen molar-refractivity contribution in [2.75, 3.05) is 26.8 Å². The molecule has 1 atom stereocenters. The van der Waals surface area contributed by atoms with Crippen molar-refractivity contribution in [3.63, 3.8) is 0 Å². The second-order valence-corrected chi connectivity index (χ2v) is 4.66. The molecule has 1 aliphatic rings. The number of amides is 1. The summed E-state index contributed by atoms with van der Waals surface area (Å²) in [6, 6.07) is 6.06. The van der Waals surface area contributed by atoms with Crippen LogP contribution in [0.15, 0.2) is 24.3 Å². The third-order valence-electron chi connectivity index (χ3n) is 3.19. The summed E-state index contributed by atoms with van der Waals surface area (Å²) in [7, 11) is 1.63. The van der Waals surface area contributed by atoms with Gasteiger partial charge < -0.3 is 15.0 Å². The van der Waals surface area contributed by atoms with Gasteiger partial charge in [-0.2, -0.15) is 0 Å². The van der Waals surface area contributed by atoms with Crippen LogP contribution in [0.3, 0.4) is 0 Å². The number of morpholine rings is 1. The number of carbonyl (C=O) groups is 1. The van der Waals surface area contributed by atoms with Crippen LogP contribution in [0.5, 0.6) is 0 Å². The molecule has 1 aliphatic heterocycles. The minimum atomic E-state index is -0.435. The number of nitrogens with one attached hydrogen (secondary N) is 1. The first-order valence-corrected chi connectivity index (χ1v) is 6.38. The lowest BCUT2D eigenvalue weighted by Crippen LogP contribution is -2.51. The van der Waals surface area contributed by atoms with Gasteiger partial charge in [-0.15, -0.1) is 12.4 Å². The molecule has 0 aliphatic carbocycles. The van der Waals surface area contributed by atoms with E-state index in [0.29, 0.717) is 25.3 Å². The Bertz CT molecular complexity index is 506. The van der Waals surface area contributed by atoms with Gasteiger partial charge in [0, 0.05) is 25.2 Å². The molecule has 1 aromatic rings. The van der Waals surface area contributed by atoms with Gasteiger partial charge >= 0.3 is 0 Å². The fourth-order valence-electron chi connectivity index (χ4n) is 2.15. The monoisotopic (exact) mass is 315 g/mol. The van der Waals surface area contributed by atoms with E-state index in [1.54, 1.807) is 25.2 Å². The van der Waals surface area contributed by atoms with Crippen LogP contribution >= 0.6 is 12.4 Å². The lowest BCUT2D eigenvalue weighted by Gasteiger charge is -2.27. The first-order valence-electron chi connectivity index (χ1n) is 6.38. The largest absolute Gasteiger partial charge is 0.378 e. The molecule has 8 heteroatoms. The minimum Gasteiger partial charge on any atom is -0.378 e. The summed E-state index contributed by atoms with van der Waals surface area (Å²) in [6.07, 6.45) is 0. The third-order valence-corrected chi connectivity index (χ3v) is 3.19. The lowest BCUT2D eigenvalue weighted by molar-refractivity contribution is -0.385. The Morgan fingerprint density at radius 2 is 2.24 bits per heavy atom. The highest BCUT2D eigenvalue weighted by molar-refractivity contribution is 5.85. The van der Waals surface area contributed by atoms with E-state index in [1.807, 2.05) is 0 Å². The van der Waals surface area contributed by atoms with Crippen molar-refractivity contribution in [3.8, 4) is 0 Å². The number of hydrogen-bond donors (Lipinski definition) is 1. The van der Waals surface area contributed by atoms with Crippen molar-refractivity contribution in [1.29, 1.82) is 0 Å². The molecule has 1 amide bonds. The highest BCUT2D eigenvalue weighted by atomic mass is 35.5. The van der Waals surface area contributed by atoms with Gasteiger partial charge in [0.2, 0.25) is 5.91 Å². The van der Waals surface area contributed by atoms with Crippen LogP contribution in [0, 0.1) is 10.1 Å². The molecule has 1 saturated heterocycles. The zero-order chi connectivity index (χ0) is 14.5. The summed E-state index contributed by atoms with van der Waals surface area (Å²) >= 11 is 0. The molecule has 7 nitrogen and oxygen atoms in total. The Morgan fingerprint density at radius 1 is 1.52 bits per heavy atom. The van der Waals surface area contributed by atoms with Crippen molar-refractivity contribution in [2.45, 2.75) is 12.6 Å². The number of benzene rings is 1. The van der Waals surface area contributed by atoms with E-state index in [1.165, 1.54) is 11.0 Å². The lowest BCUT2D eigenvalue weighted by atomic mass is 10.1. The first kappa shape index (κ1) is 17.4. The van der Waals surface area contributed by atoms with Crippen molar-refractivity contribution in [2.24, 2.45) is 0 Å². The quantitative estimate of drug-likeness (QED) is 0.661. The van der Waals surface area contributed by atoms with Gasteiger partial charge in [0.25, 0.3) is 5.69 Å². The van der Waals surface area contributed by atoms with Gasteiger partial charge in [-0.05, 0) is 0 Å². The van der Waals surface area contributed by atoms with Crippen LogP contribution in [0.25, 0.3) is 0 Å². The Balaban J connectivity index is 0.00000220. The first-order chi connectivity index (χ1) is 9.59. The van der Waals surface area contributed by atoms with Gasteiger partial charge in [-0.3, -0.25) is 14.9 Å². The highest BCUT2D eigenvalue weighted by Gasteiger charge is 2.25. The third kappa shape index (κ3) is 4.38. The second kappa shape index (κ2) is 7.92. The second-order valence-electron chi connectivity index (χ2n) is 4.66. The minimum absolute atomic E-state index is 0. The average molecular weight is 316 g/mol. The molecular formula is C13H18ClN3O4. The molecule has 0 spiro atoms. The van der Waals surface area contributed by atoms with E-state index in [2.05, 4.69) is 5.32 Å². The predicted octanol–water partition coefficient (Wildman–Crippen LogP) is 0.963. The molecule has 0 radical (unpaired) electrons. The summed E-state index contributed by atoms with van der Waals surface area (Å²) in [5.41, 5.74) is 0.546. The van der Waals surface area contributed by atoms with Gasteiger partial charge in [0.05, 0.1) is 24.7 Å². The Kier molecular flexibility index (Phi) is 6.54. The number of halogens is 1. The van der Waals surface area contributed by atoms with E-state index in [4.69, 9.17) is 4.74 Å². The standard InChI is InChI=1S/C13H17N3O4.ClH/c1-15(13(17)11-9-20-7-6-14-11)8-10-4-2-3-5-12(10)16(18)19;/h2-5,11,14H,6-9H2,1H3;1H. The number of nitro groups is 1. The van der Waals surface area contributed by atoms with Crippen LogP contribution < -0.4 is 5.32 Å². The van der Waals surface area contributed by atoms with E-state index in [-0.39, 0.29) is 36.6 Å². The summed E-state index contributed by atoms with van der Waals surface area (Å²) in [5, 5.41) is 14.0. The molecule has 0 saturated carbocycles. The van der Waals surface area contributed by atoms with E-state index < -0.39 is 4.92 Å². The summed E-state index contributed by atoms with van der Waals surface area (Å²) in [6.45, 7) is 1.77. The highest BCUT2D eigenvalue weighted by Crippen LogP contribution is 2.19. The number of hydrogen-bond acceptors (Lipinski definition) is 5. The number of carbonyl (C=O) groups excluding carboxylic acids is 1. The van der Waals surface area contributed by atoms with Gasteiger partial charge in [-0.1, -0.05) is 18.2 Å². The smallest absolute Gasteiger partial charge is 0.274 e. The molecule has 0 aromatic heterocycles. The number of nitro benzene ring substituents is 1. The Morgan fingerprint density at radius 3 is 2.86 bits per heavy atom. The SMILES string of the molecule is CN(Cc1ccccc1[N+](=O)[O-])C(=O)C1COCCN1.Cl. The van der Waals surface area contributed by atoms with Gasteiger partial charge in [0.15, 0.2) is 0 Å². The number of nitrogens with zero attached hydrogens (tertiary/aromatic N) is 2. The molecule has 1 aromatic carbocycles. The average Bonchev–Trinajstić information content (AvgIpc) is 2.47. The van der Waals surface area contributed by atoms with Gasteiger partial charge in [-0.25, -0.2) is 0 Å². The number of para-hydroxylation sites is 1. The van der Waals surface area contributed by atoms with E-state index >= 15 is 0 Å². The van der Waals surface area contributed by atoms with Crippen LogP contribution in [0.1, 0.15) is 5.56 Å². The maximum atomic E-state index is 12.2. The van der Waals surface area contributed by atoms with Crippen LogP contribution in [-0.2, 0) is 16.1 Å². The molecule has 1 unspecified atom stereocenters. The maximum Gasteiger partial charge on any atom is 0.274 e. The van der Waals surface area contributed by atoms with Crippen molar-refractivity contribution in [1.82, 2.24) is 10.2 Å². The van der Waals surface area contributed by atoms with E-state index in [9.17, 15) is 14.9 Å². The van der Waals surface area contributed by atoms with Gasteiger partial charge in [0.1, 0.15) is 6.04 Å². The van der Waals surface area contributed by atoms with Crippen LogP contribution in [-0.4, -0.2) is 48.6 Å². The zero-order valence-corrected chi connectivity index (χ0v) is 12.5.